The quantitative estimate of drug-likeness (QED) is 0.504. The van der Waals surface area contributed by atoms with Gasteiger partial charge in [0.25, 0.3) is 0 Å². The van der Waals surface area contributed by atoms with Gasteiger partial charge >= 0.3 is 0 Å². The molecule has 3 aromatic heterocycles. The predicted octanol–water partition coefficient (Wildman–Crippen LogP) is 5.52. The number of pyridine rings is 2. The van der Waals surface area contributed by atoms with Gasteiger partial charge in [0.1, 0.15) is 5.75 Å². The number of hydrogen-bond donors (Lipinski definition) is 1. The largest absolute Gasteiger partial charge is 0.477 e. The molecule has 0 radical (unpaired) electrons. The van der Waals surface area contributed by atoms with E-state index in [2.05, 4.69) is 15.0 Å². The summed E-state index contributed by atoms with van der Waals surface area (Å²) in [5.41, 5.74) is 1.81. The molecule has 26 heavy (non-hydrogen) atoms. The summed E-state index contributed by atoms with van der Waals surface area (Å²) in [6.07, 6.45) is 4.38. The summed E-state index contributed by atoms with van der Waals surface area (Å²) in [6, 6.07) is 9.65. The fourth-order valence-electron chi connectivity index (χ4n) is 2.96. The first-order chi connectivity index (χ1) is 12.7. The van der Waals surface area contributed by atoms with Crippen LogP contribution in [0.4, 0.5) is 0 Å². The van der Waals surface area contributed by atoms with E-state index in [1.807, 2.05) is 50.4 Å². The van der Waals surface area contributed by atoms with Gasteiger partial charge in [-0.05, 0) is 36.9 Å². The third-order valence-corrected chi connectivity index (χ3v) is 4.62. The molecule has 0 unspecified atom stereocenters. The predicted molar refractivity (Wildman–Crippen MR) is 103 cm³/mol. The molecule has 0 aliphatic rings. The van der Waals surface area contributed by atoms with Gasteiger partial charge in [-0.1, -0.05) is 24.6 Å². The maximum absolute atomic E-state index is 6.48. The summed E-state index contributed by atoms with van der Waals surface area (Å²) in [5.74, 6) is 1.61. The molecular formula is C20H18ClN3O2. The Morgan fingerprint density at radius 1 is 1.12 bits per heavy atom. The topological polar surface area (TPSA) is 60.0 Å². The maximum atomic E-state index is 6.48. The molecule has 1 aromatic carbocycles. The molecule has 0 atom stereocenters. The van der Waals surface area contributed by atoms with E-state index in [4.69, 9.17) is 21.1 Å². The highest BCUT2D eigenvalue weighted by atomic mass is 35.5. The first-order valence-corrected chi connectivity index (χ1v) is 8.93. The van der Waals surface area contributed by atoms with Crippen molar-refractivity contribution in [1.82, 2.24) is 15.0 Å². The number of halogens is 1. The van der Waals surface area contributed by atoms with E-state index in [0.29, 0.717) is 29.1 Å². The Hall–Kier alpha value is -2.79. The van der Waals surface area contributed by atoms with Crippen LogP contribution in [0.25, 0.3) is 21.7 Å². The number of ether oxygens (including phenoxy) is 2. The van der Waals surface area contributed by atoms with E-state index in [9.17, 15) is 0 Å². The van der Waals surface area contributed by atoms with Crippen LogP contribution in [0.2, 0.25) is 5.02 Å². The molecule has 0 fully saturated rings. The summed E-state index contributed by atoms with van der Waals surface area (Å²) in [4.78, 5) is 12.0. The van der Waals surface area contributed by atoms with E-state index in [-0.39, 0.29) is 0 Å². The first-order valence-electron chi connectivity index (χ1n) is 8.55. The lowest BCUT2D eigenvalue weighted by atomic mass is 10.2. The zero-order valence-electron chi connectivity index (χ0n) is 14.5. The summed E-state index contributed by atoms with van der Waals surface area (Å²) in [7, 11) is 0. The number of H-pyrrole nitrogens is 1. The van der Waals surface area contributed by atoms with Crippen molar-refractivity contribution in [2.24, 2.45) is 0 Å². The standard InChI is InChI=1S/C20H18ClN3O2/c1-3-15-19(21)18-16(23-15)10-17(24-20(18)25-4-2)26-14-6-5-12-7-8-22-11-13(12)9-14/h5-11,23H,3-4H2,1-2H3. The molecule has 132 valence electrons. The van der Waals surface area contributed by atoms with Crippen molar-refractivity contribution in [2.75, 3.05) is 6.61 Å². The van der Waals surface area contributed by atoms with Crippen molar-refractivity contribution >= 4 is 33.3 Å². The molecule has 0 saturated heterocycles. The molecular weight excluding hydrogens is 350 g/mol. The van der Waals surface area contributed by atoms with Gasteiger partial charge in [0.2, 0.25) is 11.8 Å². The summed E-state index contributed by atoms with van der Waals surface area (Å²) in [6.45, 7) is 4.46. The van der Waals surface area contributed by atoms with Crippen molar-refractivity contribution in [1.29, 1.82) is 0 Å². The third-order valence-electron chi connectivity index (χ3n) is 4.20. The van der Waals surface area contributed by atoms with Crippen LogP contribution >= 0.6 is 11.6 Å². The molecule has 0 spiro atoms. The van der Waals surface area contributed by atoms with Crippen LogP contribution in [0.1, 0.15) is 19.5 Å². The van der Waals surface area contributed by atoms with Crippen LogP contribution in [-0.4, -0.2) is 21.6 Å². The maximum Gasteiger partial charge on any atom is 0.227 e. The number of nitrogens with one attached hydrogen (secondary N) is 1. The van der Waals surface area contributed by atoms with E-state index in [0.717, 1.165) is 33.8 Å². The van der Waals surface area contributed by atoms with Gasteiger partial charge in [0.15, 0.2) is 0 Å². The minimum Gasteiger partial charge on any atom is -0.477 e. The SMILES string of the molecule is CCOc1nc(Oc2ccc3ccncc3c2)cc2[nH]c(CC)c(Cl)c12. The molecule has 0 aliphatic heterocycles. The lowest BCUT2D eigenvalue weighted by Crippen LogP contribution is -1.97. The lowest BCUT2D eigenvalue weighted by molar-refractivity contribution is 0.325. The monoisotopic (exact) mass is 367 g/mol. The molecule has 0 saturated carbocycles. The fourth-order valence-corrected chi connectivity index (χ4v) is 3.33. The average Bonchev–Trinajstić information content (AvgIpc) is 2.98. The van der Waals surface area contributed by atoms with E-state index >= 15 is 0 Å². The number of rotatable bonds is 5. The number of nitrogens with zero attached hydrogens (tertiary/aromatic N) is 2. The van der Waals surface area contributed by atoms with Crippen LogP contribution in [-0.2, 0) is 6.42 Å². The van der Waals surface area contributed by atoms with Crippen molar-refractivity contribution in [3.05, 3.63) is 53.4 Å². The third kappa shape index (κ3) is 2.95. The van der Waals surface area contributed by atoms with E-state index in [1.165, 1.54) is 0 Å². The summed E-state index contributed by atoms with van der Waals surface area (Å²) >= 11 is 6.48. The van der Waals surface area contributed by atoms with Crippen LogP contribution in [0.15, 0.2) is 42.7 Å². The van der Waals surface area contributed by atoms with Gasteiger partial charge in [-0.25, -0.2) is 0 Å². The smallest absolute Gasteiger partial charge is 0.227 e. The molecule has 4 aromatic rings. The minimum absolute atomic E-state index is 0.449. The van der Waals surface area contributed by atoms with E-state index in [1.54, 1.807) is 6.20 Å². The van der Waals surface area contributed by atoms with Gasteiger partial charge < -0.3 is 14.5 Å². The van der Waals surface area contributed by atoms with Gasteiger partial charge in [-0.2, -0.15) is 4.98 Å². The zero-order valence-corrected chi connectivity index (χ0v) is 15.3. The van der Waals surface area contributed by atoms with E-state index < -0.39 is 0 Å². The normalized spacial score (nSPS) is 11.2. The Morgan fingerprint density at radius 2 is 2.00 bits per heavy atom. The number of aromatic nitrogens is 3. The fraction of sp³-hybridized carbons (Fsp3) is 0.200. The second kappa shape index (κ2) is 6.84. The Labute approximate surface area is 155 Å². The van der Waals surface area contributed by atoms with Gasteiger partial charge in [-0.3, -0.25) is 4.98 Å². The van der Waals surface area contributed by atoms with Crippen molar-refractivity contribution in [3.63, 3.8) is 0 Å². The Morgan fingerprint density at radius 3 is 2.81 bits per heavy atom. The van der Waals surface area contributed by atoms with Gasteiger partial charge in [0, 0.05) is 29.5 Å². The molecule has 0 aliphatic carbocycles. The minimum atomic E-state index is 0.449. The Kier molecular flexibility index (Phi) is 4.39. The van der Waals surface area contributed by atoms with Crippen molar-refractivity contribution in [2.45, 2.75) is 20.3 Å². The second-order valence-electron chi connectivity index (χ2n) is 5.88. The van der Waals surface area contributed by atoms with Crippen LogP contribution in [0.3, 0.4) is 0 Å². The number of aromatic amines is 1. The molecule has 5 nitrogen and oxygen atoms in total. The molecule has 6 heteroatoms. The highest BCUT2D eigenvalue weighted by Gasteiger charge is 2.17. The van der Waals surface area contributed by atoms with Gasteiger partial charge in [-0.15, -0.1) is 0 Å². The number of fused-ring (bicyclic) bond motifs is 2. The number of benzene rings is 1. The summed E-state index contributed by atoms with van der Waals surface area (Å²) < 4.78 is 11.7. The molecule has 4 rings (SSSR count). The highest BCUT2D eigenvalue weighted by Crippen LogP contribution is 2.37. The van der Waals surface area contributed by atoms with Crippen molar-refractivity contribution in [3.8, 4) is 17.5 Å². The van der Waals surface area contributed by atoms with Crippen molar-refractivity contribution < 1.29 is 9.47 Å². The second-order valence-corrected chi connectivity index (χ2v) is 6.26. The Balaban J connectivity index is 1.77. The summed E-state index contributed by atoms with van der Waals surface area (Å²) in [5, 5.41) is 3.56. The molecule has 0 amide bonds. The number of hydrogen-bond acceptors (Lipinski definition) is 4. The van der Waals surface area contributed by atoms with Crippen LogP contribution in [0.5, 0.6) is 17.5 Å². The molecule has 0 bridgehead atoms. The van der Waals surface area contributed by atoms with Gasteiger partial charge in [0.05, 0.1) is 22.5 Å². The number of aryl methyl sites for hydroxylation is 1. The van der Waals surface area contributed by atoms with Crippen LogP contribution in [0, 0.1) is 0 Å². The Bertz CT molecular complexity index is 1090. The zero-order chi connectivity index (χ0) is 18.1. The lowest BCUT2D eigenvalue weighted by Gasteiger charge is -2.09. The average molecular weight is 368 g/mol. The molecule has 3 heterocycles. The van der Waals surface area contributed by atoms with Crippen LogP contribution < -0.4 is 9.47 Å². The molecule has 1 N–H and O–H groups in total. The highest BCUT2D eigenvalue weighted by molar-refractivity contribution is 6.37. The first kappa shape index (κ1) is 16.7.